The lowest BCUT2D eigenvalue weighted by Crippen LogP contribution is -2.48. The van der Waals surface area contributed by atoms with Crippen LogP contribution >= 0.6 is 0 Å². The number of aryl methyl sites for hydroxylation is 1. The molecule has 0 bridgehead atoms. The van der Waals surface area contributed by atoms with Crippen molar-refractivity contribution in [3.05, 3.63) is 11.8 Å². The van der Waals surface area contributed by atoms with Gasteiger partial charge in [0.25, 0.3) is 0 Å². The Morgan fingerprint density at radius 1 is 1.19 bits per heavy atom. The van der Waals surface area contributed by atoms with Crippen LogP contribution in [0.5, 0.6) is 0 Å². The molecule has 1 saturated heterocycles. The molecule has 8 heteroatoms. The maximum absolute atomic E-state index is 13.6. The summed E-state index contributed by atoms with van der Waals surface area (Å²) in [6, 6.07) is -0.126. The fraction of sp³-hybridized carbons (Fsp3) is 0.789. The molecular weight excluding hydrogens is 357 g/mol. The third kappa shape index (κ3) is 3.67. The summed E-state index contributed by atoms with van der Waals surface area (Å²) < 4.78 is 41.8. The van der Waals surface area contributed by atoms with E-state index < -0.39 is 12.2 Å². The van der Waals surface area contributed by atoms with E-state index in [1.54, 1.807) is 13.0 Å². The van der Waals surface area contributed by atoms with Gasteiger partial charge in [0.1, 0.15) is 5.82 Å². The standard InChI is InChI=1S/C19H27F3N4O/c1-12-10-17-23-15(11-16(19(20,21)22)26(17)24-12)13-6-8-25(9-7-13)18(27)14-4-2-3-5-14/h10,13-16,23H,2-9,11H2,1H3/t15-,16+/m0/s1. The Hall–Kier alpha value is -1.73. The summed E-state index contributed by atoms with van der Waals surface area (Å²) in [6.45, 7) is 3.03. The second-order valence-corrected chi connectivity index (χ2v) is 8.30. The van der Waals surface area contributed by atoms with Crippen LogP contribution < -0.4 is 5.32 Å². The second-order valence-electron chi connectivity index (χ2n) is 8.30. The van der Waals surface area contributed by atoms with Crippen LogP contribution in [0.1, 0.15) is 56.7 Å². The predicted molar refractivity (Wildman–Crippen MR) is 95.3 cm³/mol. The Morgan fingerprint density at radius 2 is 1.85 bits per heavy atom. The predicted octanol–water partition coefficient (Wildman–Crippen LogP) is 3.91. The topological polar surface area (TPSA) is 50.2 Å². The number of hydrogen-bond acceptors (Lipinski definition) is 3. The number of nitrogens with one attached hydrogen (secondary N) is 1. The van der Waals surface area contributed by atoms with E-state index in [2.05, 4.69) is 10.4 Å². The molecule has 1 aliphatic carbocycles. The van der Waals surface area contributed by atoms with Crippen LogP contribution in [0.15, 0.2) is 6.07 Å². The highest BCUT2D eigenvalue weighted by atomic mass is 19.4. The molecule has 4 rings (SSSR count). The highest BCUT2D eigenvalue weighted by Crippen LogP contribution is 2.42. The summed E-state index contributed by atoms with van der Waals surface area (Å²) in [5.74, 6) is 1.02. The average Bonchev–Trinajstić information content (AvgIpc) is 3.28. The molecule has 1 amide bonds. The van der Waals surface area contributed by atoms with Crippen LogP contribution in [0.25, 0.3) is 0 Å². The van der Waals surface area contributed by atoms with Crippen LogP contribution in [-0.2, 0) is 4.79 Å². The number of carbonyl (C=O) groups is 1. The molecule has 0 unspecified atom stereocenters. The zero-order valence-electron chi connectivity index (χ0n) is 15.6. The number of aromatic nitrogens is 2. The van der Waals surface area contributed by atoms with Gasteiger partial charge < -0.3 is 10.2 Å². The lowest BCUT2D eigenvalue weighted by molar-refractivity contribution is -0.174. The first-order valence-electron chi connectivity index (χ1n) is 10.0. The highest BCUT2D eigenvalue weighted by molar-refractivity contribution is 5.79. The summed E-state index contributed by atoms with van der Waals surface area (Å²) >= 11 is 0. The SMILES string of the molecule is Cc1cc2n(n1)[C@@H](C(F)(F)F)C[C@@H](C1CCN(C(=O)C3CCCC3)CC1)N2. The molecule has 2 atom stereocenters. The first-order chi connectivity index (χ1) is 12.8. The highest BCUT2D eigenvalue weighted by Gasteiger charge is 2.47. The lowest BCUT2D eigenvalue weighted by Gasteiger charge is -2.41. The van der Waals surface area contributed by atoms with Gasteiger partial charge in [-0.25, -0.2) is 4.68 Å². The molecule has 2 fully saturated rings. The van der Waals surface area contributed by atoms with Crippen molar-refractivity contribution in [1.82, 2.24) is 14.7 Å². The number of piperidine rings is 1. The second kappa shape index (κ2) is 7.02. The molecule has 27 heavy (non-hydrogen) atoms. The molecule has 1 aromatic heterocycles. The van der Waals surface area contributed by atoms with Gasteiger partial charge >= 0.3 is 6.18 Å². The van der Waals surface area contributed by atoms with Gasteiger partial charge in [0.15, 0.2) is 6.04 Å². The summed E-state index contributed by atoms with van der Waals surface area (Å²) in [7, 11) is 0. The van der Waals surface area contributed by atoms with Gasteiger partial charge in [-0.15, -0.1) is 0 Å². The molecule has 1 saturated carbocycles. The molecule has 5 nitrogen and oxygen atoms in total. The monoisotopic (exact) mass is 384 g/mol. The molecule has 150 valence electrons. The lowest BCUT2D eigenvalue weighted by atomic mass is 9.84. The van der Waals surface area contributed by atoms with Crippen molar-refractivity contribution < 1.29 is 18.0 Å². The van der Waals surface area contributed by atoms with Crippen molar-refractivity contribution in [2.75, 3.05) is 18.4 Å². The Labute approximate surface area is 157 Å². The average molecular weight is 384 g/mol. The molecular formula is C19H27F3N4O. The van der Waals surface area contributed by atoms with E-state index in [0.29, 0.717) is 24.6 Å². The summed E-state index contributed by atoms with van der Waals surface area (Å²) in [5, 5.41) is 7.33. The first-order valence-corrected chi connectivity index (χ1v) is 10.0. The fourth-order valence-corrected chi connectivity index (χ4v) is 4.99. The van der Waals surface area contributed by atoms with Crippen molar-refractivity contribution in [2.24, 2.45) is 11.8 Å². The van der Waals surface area contributed by atoms with Crippen molar-refractivity contribution >= 4 is 11.7 Å². The van der Waals surface area contributed by atoms with Gasteiger partial charge in [-0.05, 0) is 44.9 Å². The molecule has 0 radical (unpaired) electrons. The third-order valence-electron chi connectivity index (χ3n) is 6.47. The van der Waals surface area contributed by atoms with Gasteiger partial charge in [-0.1, -0.05) is 12.8 Å². The quantitative estimate of drug-likeness (QED) is 0.841. The summed E-state index contributed by atoms with van der Waals surface area (Å²) in [5.41, 5.74) is 0.587. The first kappa shape index (κ1) is 18.6. The van der Waals surface area contributed by atoms with E-state index in [1.807, 2.05) is 4.90 Å². The van der Waals surface area contributed by atoms with E-state index >= 15 is 0 Å². The number of alkyl halides is 3. The van der Waals surface area contributed by atoms with E-state index in [4.69, 9.17) is 0 Å². The van der Waals surface area contributed by atoms with Crippen LogP contribution in [-0.4, -0.2) is 45.9 Å². The van der Waals surface area contributed by atoms with E-state index in [9.17, 15) is 18.0 Å². The summed E-state index contributed by atoms with van der Waals surface area (Å²) in [4.78, 5) is 14.5. The number of anilines is 1. The number of likely N-dealkylation sites (tertiary alicyclic amines) is 1. The molecule has 1 aromatic rings. The van der Waals surface area contributed by atoms with Crippen LogP contribution in [0.4, 0.5) is 19.0 Å². The minimum Gasteiger partial charge on any atom is -0.367 e. The molecule has 3 heterocycles. The van der Waals surface area contributed by atoms with E-state index in [-0.39, 0.29) is 30.2 Å². The largest absolute Gasteiger partial charge is 0.410 e. The zero-order valence-corrected chi connectivity index (χ0v) is 15.6. The van der Waals surface area contributed by atoms with Gasteiger partial charge in [-0.3, -0.25) is 4.79 Å². The smallest absolute Gasteiger partial charge is 0.367 e. The van der Waals surface area contributed by atoms with Gasteiger partial charge in [0.2, 0.25) is 5.91 Å². The van der Waals surface area contributed by atoms with Gasteiger partial charge in [0, 0.05) is 31.1 Å². The van der Waals surface area contributed by atoms with Crippen molar-refractivity contribution in [1.29, 1.82) is 0 Å². The van der Waals surface area contributed by atoms with Crippen molar-refractivity contribution in [2.45, 2.75) is 70.1 Å². The Kier molecular flexibility index (Phi) is 4.84. The fourth-order valence-electron chi connectivity index (χ4n) is 4.99. The molecule has 3 aliphatic rings. The number of nitrogens with zero attached hydrogens (tertiary/aromatic N) is 3. The van der Waals surface area contributed by atoms with Gasteiger partial charge in [-0.2, -0.15) is 18.3 Å². The van der Waals surface area contributed by atoms with E-state index in [0.717, 1.165) is 43.2 Å². The van der Waals surface area contributed by atoms with Gasteiger partial charge in [0.05, 0.1) is 5.69 Å². The van der Waals surface area contributed by atoms with Crippen molar-refractivity contribution in [3.63, 3.8) is 0 Å². The molecule has 1 N–H and O–H groups in total. The molecule has 0 aromatic carbocycles. The number of hydrogen-bond donors (Lipinski definition) is 1. The number of rotatable bonds is 2. The molecule has 0 spiro atoms. The normalized spacial score (nSPS) is 27.5. The van der Waals surface area contributed by atoms with Crippen LogP contribution in [0, 0.1) is 18.8 Å². The summed E-state index contributed by atoms with van der Waals surface area (Å²) in [6.07, 6.45) is 1.43. The number of amides is 1. The minimum atomic E-state index is -4.31. The van der Waals surface area contributed by atoms with Crippen LogP contribution in [0.3, 0.4) is 0 Å². The maximum atomic E-state index is 13.6. The number of halogens is 3. The third-order valence-corrected chi connectivity index (χ3v) is 6.47. The van der Waals surface area contributed by atoms with Crippen LogP contribution in [0.2, 0.25) is 0 Å². The molecule has 2 aliphatic heterocycles. The van der Waals surface area contributed by atoms with Crippen molar-refractivity contribution in [3.8, 4) is 0 Å². The Morgan fingerprint density at radius 3 is 2.48 bits per heavy atom. The maximum Gasteiger partial charge on any atom is 0.410 e. The number of fused-ring (bicyclic) bond motifs is 1. The Bertz CT molecular complexity index is 688. The minimum absolute atomic E-state index is 0.00113. The van der Waals surface area contributed by atoms with E-state index in [1.165, 1.54) is 0 Å². The zero-order chi connectivity index (χ0) is 19.2. The Balaban J connectivity index is 1.42. The number of carbonyl (C=O) groups excluding carboxylic acids is 1.